The Balaban J connectivity index is 1.95. The molecule has 0 saturated carbocycles. The molecule has 0 amide bonds. The number of rotatable bonds is 3. The molecule has 0 aromatic heterocycles. The standard InChI is InChI=1S/C10H15N3O/c1-2-8-3-5-9(6-4-8)14-10-7-11-13-12-10/h3-6,10-13H,2,7H2,1H3. The van der Waals surface area contributed by atoms with Gasteiger partial charge in [-0.2, -0.15) is 5.53 Å². The van der Waals surface area contributed by atoms with E-state index < -0.39 is 0 Å². The highest BCUT2D eigenvalue weighted by Crippen LogP contribution is 2.13. The van der Waals surface area contributed by atoms with Gasteiger partial charge in [-0.15, -0.1) is 0 Å². The molecule has 0 bridgehead atoms. The normalized spacial score (nSPS) is 21.1. The van der Waals surface area contributed by atoms with E-state index in [1.54, 1.807) is 0 Å². The molecule has 0 spiro atoms. The molecule has 1 aliphatic heterocycles. The van der Waals surface area contributed by atoms with Crippen LogP contribution in [-0.2, 0) is 6.42 Å². The minimum absolute atomic E-state index is 0.00229. The van der Waals surface area contributed by atoms with Crippen molar-refractivity contribution in [2.45, 2.75) is 19.6 Å². The minimum Gasteiger partial charge on any atom is -0.473 e. The van der Waals surface area contributed by atoms with Gasteiger partial charge in [0, 0.05) is 0 Å². The third-order valence-corrected chi connectivity index (χ3v) is 2.22. The second-order valence-electron chi connectivity index (χ2n) is 3.25. The van der Waals surface area contributed by atoms with Crippen LogP contribution in [-0.4, -0.2) is 12.8 Å². The largest absolute Gasteiger partial charge is 0.473 e. The molecule has 2 rings (SSSR count). The van der Waals surface area contributed by atoms with Gasteiger partial charge in [-0.1, -0.05) is 19.1 Å². The molecule has 0 aliphatic carbocycles. The van der Waals surface area contributed by atoms with E-state index in [4.69, 9.17) is 4.74 Å². The Labute approximate surface area is 83.6 Å². The van der Waals surface area contributed by atoms with Crippen LogP contribution < -0.4 is 21.1 Å². The highest BCUT2D eigenvalue weighted by Gasteiger charge is 2.13. The van der Waals surface area contributed by atoms with Crippen molar-refractivity contribution in [3.63, 3.8) is 0 Å². The third-order valence-electron chi connectivity index (χ3n) is 2.22. The lowest BCUT2D eigenvalue weighted by Gasteiger charge is -2.11. The van der Waals surface area contributed by atoms with Crippen LogP contribution in [0.1, 0.15) is 12.5 Å². The summed E-state index contributed by atoms with van der Waals surface area (Å²) in [6.45, 7) is 2.90. The molecule has 4 nitrogen and oxygen atoms in total. The van der Waals surface area contributed by atoms with E-state index in [9.17, 15) is 0 Å². The SMILES string of the molecule is CCc1ccc(OC2CNNN2)cc1. The minimum atomic E-state index is 0.00229. The average Bonchev–Trinajstić information content (AvgIpc) is 2.72. The fourth-order valence-corrected chi connectivity index (χ4v) is 1.37. The van der Waals surface area contributed by atoms with Crippen molar-refractivity contribution in [2.24, 2.45) is 0 Å². The van der Waals surface area contributed by atoms with Crippen molar-refractivity contribution in [3.05, 3.63) is 29.8 Å². The highest BCUT2D eigenvalue weighted by atomic mass is 16.5. The molecular formula is C10H15N3O. The first-order valence-corrected chi connectivity index (χ1v) is 4.87. The van der Waals surface area contributed by atoms with E-state index >= 15 is 0 Å². The number of aryl methyl sites for hydroxylation is 1. The zero-order chi connectivity index (χ0) is 9.80. The maximum atomic E-state index is 5.64. The van der Waals surface area contributed by atoms with Gasteiger partial charge in [0.2, 0.25) is 0 Å². The van der Waals surface area contributed by atoms with Gasteiger partial charge >= 0.3 is 0 Å². The summed E-state index contributed by atoms with van der Waals surface area (Å²) in [6.07, 6.45) is 1.06. The van der Waals surface area contributed by atoms with Crippen LogP contribution in [0.2, 0.25) is 0 Å². The first-order valence-electron chi connectivity index (χ1n) is 4.87. The van der Waals surface area contributed by atoms with Gasteiger partial charge in [0.25, 0.3) is 0 Å². The van der Waals surface area contributed by atoms with Crippen molar-refractivity contribution >= 4 is 0 Å². The zero-order valence-corrected chi connectivity index (χ0v) is 8.21. The number of hydrazine groups is 2. The molecule has 76 valence electrons. The van der Waals surface area contributed by atoms with Crippen molar-refractivity contribution in [1.29, 1.82) is 0 Å². The van der Waals surface area contributed by atoms with Crippen LogP contribution in [0.15, 0.2) is 24.3 Å². The van der Waals surface area contributed by atoms with Gasteiger partial charge in [0.15, 0.2) is 6.23 Å². The molecule has 1 saturated heterocycles. The summed E-state index contributed by atoms with van der Waals surface area (Å²) in [5, 5.41) is 0. The van der Waals surface area contributed by atoms with Gasteiger partial charge in [-0.25, -0.2) is 10.9 Å². The van der Waals surface area contributed by atoms with Crippen molar-refractivity contribution in [2.75, 3.05) is 6.54 Å². The first kappa shape index (κ1) is 9.45. The summed E-state index contributed by atoms with van der Waals surface area (Å²) in [6, 6.07) is 8.17. The van der Waals surface area contributed by atoms with Crippen LogP contribution in [0.3, 0.4) is 0 Å². The Morgan fingerprint density at radius 1 is 1.36 bits per heavy atom. The fourth-order valence-electron chi connectivity index (χ4n) is 1.37. The molecule has 1 aromatic rings. The Bertz CT molecular complexity index is 280. The zero-order valence-electron chi connectivity index (χ0n) is 8.21. The lowest BCUT2D eigenvalue weighted by Crippen LogP contribution is -2.36. The van der Waals surface area contributed by atoms with Gasteiger partial charge in [-0.3, -0.25) is 0 Å². The molecule has 0 radical (unpaired) electrons. The fraction of sp³-hybridized carbons (Fsp3) is 0.400. The Morgan fingerprint density at radius 3 is 2.71 bits per heavy atom. The molecule has 14 heavy (non-hydrogen) atoms. The maximum absolute atomic E-state index is 5.64. The summed E-state index contributed by atoms with van der Waals surface area (Å²) >= 11 is 0. The maximum Gasteiger partial charge on any atom is 0.177 e. The van der Waals surface area contributed by atoms with E-state index in [2.05, 4.69) is 35.4 Å². The second-order valence-corrected chi connectivity index (χ2v) is 3.25. The summed E-state index contributed by atoms with van der Waals surface area (Å²) in [4.78, 5) is 0. The first-order chi connectivity index (χ1) is 6.88. The van der Waals surface area contributed by atoms with E-state index in [-0.39, 0.29) is 6.23 Å². The lowest BCUT2D eigenvalue weighted by molar-refractivity contribution is 0.191. The quantitative estimate of drug-likeness (QED) is 0.656. The number of hydrogen-bond acceptors (Lipinski definition) is 4. The van der Waals surface area contributed by atoms with Gasteiger partial charge in [0.05, 0.1) is 6.54 Å². The molecule has 1 aliphatic rings. The molecular weight excluding hydrogens is 178 g/mol. The van der Waals surface area contributed by atoms with E-state index in [0.29, 0.717) is 0 Å². The Kier molecular flexibility index (Phi) is 2.98. The summed E-state index contributed by atoms with van der Waals surface area (Å²) < 4.78 is 5.64. The van der Waals surface area contributed by atoms with Crippen LogP contribution in [0, 0.1) is 0 Å². The molecule has 1 unspecified atom stereocenters. The second kappa shape index (κ2) is 4.41. The van der Waals surface area contributed by atoms with E-state index in [1.807, 2.05) is 12.1 Å². The van der Waals surface area contributed by atoms with Crippen molar-refractivity contribution in [3.8, 4) is 5.75 Å². The predicted molar refractivity (Wildman–Crippen MR) is 54.5 cm³/mol. The Morgan fingerprint density at radius 2 is 2.14 bits per heavy atom. The molecule has 4 heteroatoms. The number of hydrogen-bond donors (Lipinski definition) is 3. The van der Waals surface area contributed by atoms with Gasteiger partial charge < -0.3 is 4.74 Å². The van der Waals surface area contributed by atoms with Crippen molar-refractivity contribution in [1.82, 2.24) is 16.4 Å². The monoisotopic (exact) mass is 193 g/mol. The van der Waals surface area contributed by atoms with Crippen molar-refractivity contribution < 1.29 is 4.74 Å². The summed E-state index contributed by atoms with van der Waals surface area (Å²) in [7, 11) is 0. The average molecular weight is 193 g/mol. The molecule has 3 N–H and O–H groups in total. The summed E-state index contributed by atoms with van der Waals surface area (Å²) in [5.41, 5.74) is 10.00. The lowest BCUT2D eigenvalue weighted by atomic mass is 10.2. The van der Waals surface area contributed by atoms with Crippen LogP contribution in [0.5, 0.6) is 5.75 Å². The predicted octanol–water partition coefficient (Wildman–Crippen LogP) is 0.566. The smallest absolute Gasteiger partial charge is 0.177 e. The van der Waals surface area contributed by atoms with Gasteiger partial charge in [-0.05, 0) is 24.1 Å². The number of ether oxygens (including phenoxy) is 1. The third kappa shape index (κ3) is 2.23. The molecule has 1 aromatic carbocycles. The Hall–Kier alpha value is -1.10. The van der Waals surface area contributed by atoms with Gasteiger partial charge in [0.1, 0.15) is 5.75 Å². The van der Waals surface area contributed by atoms with Crippen LogP contribution >= 0.6 is 0 Å². The topological polar surface area (TPSA) is 45.3 Å². The van der Waals surface area contributed by atoms with E-state index in [1.165, 1.54) is 5.56 Å². The molecule has 1 atom stereocenters. The number of nitrogens with one attached hydrogen (secondary N) is 3. The summed E-state index contributed by atoms with van der Waals surface area (Å²) in [5.74, 6) is 0.894. The number of benzene rings is 1. The molecule has 1 fully saturated rings. The molecule has 1 heterocycles. The van der Waals surface area contributed by atoms with Crippen LogP contribution in [0.25, 0.3) is 0 Å². The van der Waals surface area contributed by atoms with Crippen LogP contribution in [0.4, 0.5) is 0 Å². The van der Waals surface area contributed by atoms with E-state index in [0.717, 1.165) is 18.7 Å². The highest BCUT2D eigenvalue weighted by molar-refractivity contribution is 5.27.